The molecule has 0 fully saturated rings. The maximum Gasteiger partial charge on any atom is 0.181 e. The molecule has 3 nitrogen and oxygen atoms in total. The van der Waals surface area contributed by atoms with Gasteiger partial charge < -0.3 is 5.73 Å². The van der Waals surface area contributed by atoms with Gasteiger partial charge in [0.2, 0.25) is 0 Å². The summed E-state index contributed by atoms with van der Waals surface area (Å²) in [5.74, 6) is 0. The largest absolute Gasteiger partial charge is 0.330 e. The monoisotopic (exact) mass is 239 g/mol. The molecule has 0 bridgehead atoms. The highest BCUT2D eigenvalue weighted by Crippen LogP contribution is 2.34. The molecule has 2 rings (SSSR count). The molecular formula is C12H17NO2S. The molecule has 0 saturated carbocycles. The third kappa shape index (κ3) is 1.76. The average molecular weight is 239 g/mol. The number of aryl methyl sites for hydroxylation is 1. The van der Waals surface area contributed by atoms with E-state index in [9.17, 15) is 8.42 Å². The number of fused-ring (bicyclic) bond motifs is 1. The first-order valence-corrected chi connectivity index (χ1v) is 7.14. The lowest BCUT2D eigenvalue weighted by molar-refractivity contribution is 0.575. The van der Waals surface area contributed by atoms with Gasteiger partial charge in [0.1, 0.15) is 0 Å². The molecule has 1 unspecified atom stereocenters. The fraction of sp³-hybridized carbons (Fsp3) is 0.500. The maximum absolute atomic E-state index is 12.2. The first-order chi connectivity index (χ1) is 7.57. The zero-order valence-electron chi connectivity index (χ0n) is 9.44. The zero-order chi connectivity index (χ0) is 11.8. The van der Waals surface area contributed by atoms with Gasteiger partial charge in [0.05, 0.1) is 10.1 Å². The molecule has 0 amide bonds. The van der Waals surface area contributed by atoms with Crippen LogP contribution < -0.4 is 5.73 Å². The summed E-state index contributed by atoms with van der Waals surface area (Å²) in [4.78, 5) is 0.537. The molecule has 1 aliphatic rings. The van der Waals surface area contributed by atoms with Crippen LogP contribution in [0.15, 0.2) is 23.1 Å². The van der Waals surface area contributed by atoms with Crippen LogP contribution in [0.4, 0.5) is 0 Å². The summed E-state index contributed by atoms with van der Waals surface area (Å²) in [6.45, 7) is 2.53. The minimum atomic E-state index is -3.10. The van der Waals surface area contributed by atoms with Crippen molar-refractivity contribution in [3.8, 4) is 0 Å². The van der Waals surface area contributed by atoms with Crippen LogP contribution in [0.3, 0.4) is 0 Å². The first-order valence-electron chi connectivity index (χ1n) is 5.60. The van der Waals surface area contributed by atoms with E-state index in [1.807, 2.05) is 19.1 Å². The lowest BCUT2D eigenvalue weighted by Crippen LogP contribution is -2.18. The first kappa shape index (κ1) is 11.6. The van der Waals surface area contributed by atoms with Gasteiger partial charge in [0, 0.05) is 0 Å². The highest BCUT2D eigenvalue weighted by Gasteiger charge is 2.36. The van der Waals surface area contributed by atoms with Crippen molar-refractivity contribution in [1.82, 2.24) is 0 Å². The number of sulfone groups is 1. The van der Waals surface area contributed by atoms with Gasteiger partial charge >= 0.3 is 0 Å². The highest BCUT2D eigenvalue weighted by atomic mass is 32.2. The van der Waals surface area contributed by atoms with Crippen LogP contribution in [-0.4, -0.2) is 20.2 Å². The van der Waals surface area contributed by atoms with E-state index in [4.69, 9.17) is 5.73 Å². The second kappa shape index (κ2) is 4.18. The van der Waals surface area contributed by atoms with Crippen LogP contribution >= 0.6 is 0 Å². The van der Waals surface area contributed by atoms with Crippen LogP contribution in [0.5, 0.6) is 0 Å². The van der Waals surface area contributed by atoms with Crippen LogP contribution in [0.1, 0.15) is 24.0 Å². The van der Waals surface area contributed by atoms with Crippen LogP contribution in [0.2, 0.25) is 0 Å². The van der Waals surface area contributed by atoms with Crippen molar-refractivity contribution in [1.29, 1.82) is 0 Å². The molecule has 0 aromatic heterocycles. The molecule has 1 atom stereocenters. The van der Waals surface area contributed by atoms with E-state index in [1.54, 1.807) is 6.07 Å². The predicted octanol–water partition coefficient (Wildman–Crippen LogP) is 1.43. The Morgan fingerprint density at radius 2 is 2.19 bits per heavy atom. The molecule has 0 aliphatic carbocycles. The molecule has 1 aromatic carbocycles. The minimum absolute atomic E-state index is 0.257. The molecule has 0 spiro atoms. The fourth-order valence-electron chi connectivity index (χ4n) is 2.32. The third-order valence-electron chi connectivity index (χ3n) is 3.27. The summed E-state index contributed by atoms with van der Waals surface area (Å²) in [6.07, 6.45) is 2.11. The van der Waals surface area contributed by atoms with Gasteiger partial charge in [-0.3, -0.25) is 0 Å². The Morgan fingerprint density at radius 3 is 2.81 bits per heavy atom. The van der Waals surface area contributed by atoms with E-state index in [2.05, 4.69) is 0 Å². The number of hydrogen-bond donors (Lipinski definition) is 1. The van der Waals surface area contributed by atoms with E-state index >= 15 is 0 Å². The molecule has 2 N–H and O–H groups in total. The van der Waals surface area contributed by atoms with Gasteiger partial charge in [-0.15, -0.1) is 0 Å². The maximum atomic E-state index is 12.2. The quantitative estimate of drug-likeness (QED) is 0.868. The minimum Gasteiger partial charge on any atom is -0.330 e. The Labute approximate surface area is 96.6 Å². The molecule has 1 aromatic rings. The SMILES string of the molecule is Cc1cccc2c1CC(CCCN)S2(=O)=O. The number of rotatable bonds is 3. The fourth-order valence-corrected chi connectivity index (χ4v) is 4.40. The van der Waals surface area contributed by atoms with E-state index in [1.165, 1.54) is 0 Å². The molecule has 4 heteroatoms. The lowest BCUT2D eigenvalue weighted by atomic mass is 10.0. The van der Waals surface area contributed by atoms with Crippen molar-refractivity contribution in [3.05, 3.63) is 29.3 Å². The Bertz CT molecular complexity index is 494. The number of nitrogens with two attached hydrogens (primary N) is 1. The summed E-state index contributed by atoms with van der Waals surface area (Å²) < 4.78 is 24.4. The average Bonchev–Trinajstić information content (AvgIpc) is 2.50. The molecular weight excluding hydrogens is 222 g/mol. The van der Waals surface area contributed by atoms with Crippen molar-refractivity contribution < 1.29 is 8.42 Å². The number of hydrogen-bond acceptors (Lipinski definition) is 3. The number of benzene rings is 1. The Balaban J connectivity index is 2.38. The third-order valence-corrected chi connectivity index (χ3v) is 5.55. The van der Waals surface area contributed by atoms with Crippen LogP contribution in [0, 0.1) is 6.92 Å². The van der Waals surface area contributed by atoms with E-state index in [0.717, 1.165) is 17.5 Å². The lowest BCUT2D eigenvalue weighted by Gasteiger charge is -2.07. The summed E-state index contributed by atoms with van der Waals surface area (Å²) in [5, 5.41) is -0.257. The molecule has 1 heterocycles. The second-order valence-corrected chi connectivity index (χ2v) is 6.55. The van der Waals surface area contributed by atoms with Crippen molar-refractivity contribution in [3.63, 3.8) is 0 Å². The summed E-state index contributed by atoms with van der Waals surface area (Å²) in [5.41, 5.74) is 7.52. The van der Waals surface area contributed by atoms with Gasteiger partial charge in [-0.2, -0.15) is 0 Å². The van der Waals surface area contributed by atoms with Crippen molar-refractivity contribution in [2.24, 2.45) is 5.73 Å². The summed E-state index contributed by atoms with van der Waals surface area (Å²) in [7, 11) is -3.10. The second-order valence-electron chi connectivity index (χ2n) is 4.35. The molecule has 0 saturated heterocycles. The van der Waals surface area contributed by atoms with Crippen molar-refractivity contribution in [2.45, 2.75) is 36.3 Å². The summed E-state index contributed by atoms with van der Waals surface area (Å²) in [6, 6.07) is 5.51. The Kier molecular flexibility index (Phi) is 3.04. The van der Waals surface area contributed by atoms with Crippen LogP contribution in [0.25, 0.3) is 0 Å². The molecule has 0 radical (unpaired) electrons. The van der Waals surface area contributed by atoms with Gasteiger partial charge in [0.25, 0.3) is 0 Å². The smallest absolute Gasteiger partial charge is 0.181 e. The van der Waals surface area contributed by atoms with Gasteiger partial charge in [-0.1, -0.05) is 12.1 Å². The Morgan fingerprint density at radius 1 is 1.44 bits per heavy atom. The highest BCUT2D eigenvalue weighted by molar-refractivity contribution is 7.92. The molecule has 88 valence electrons. The van der Waals surface area contributed by atoms with Crippen LogP contribution in [-0.2, 0) is 16.3 Å². The van der Waals surface area contributed by atoms with Gasteiger partial charge in [0.15, 0.2) is 9.84 Å². The summed E-state index contributed by atoms with van der Waals surface area (Å²) >= 11 is 0. The standard InChI is InChI=1S/C12H17NO2S/c1-9-4-2-6-12-11(9)8-10(5-3-7-13)16(12,14)15/h2,4,6,10H,3,5,7-8,13H2,1H3. The van der Waals surface area contributed by atoms with Gasteiger partial charge in [-0.05, 0) is 49.9 Å². The van der Waals surface area contributed by atoms with Crippen molar-refractivity contribution >= 4 is 9.84 Å². The predicted molar refractivity (Wildman–Crippen MR) is 64.1 cm³/mol. The Hall–Kier alpha value is -0.870. The molecule has 16 heavy (non-hydrogen) atoms. The van der Waals surface area contributed by atoms with E-state index in [0.29, 0.717) is 24.3 Å². The van der Waals surface area contributed by atoms with E-state index in [-0.39, 0.29) is 5.25 Å². The van der Waals surface area contributed by atoms with E-state index < -0.39 is 9.84 Å². The normalized spacial score (nSPS) is 22.0. The van der Waals surface area contributed by atoms with Crippen molar-refractivity contribution in [2.75, 3.05) is 6.54 Å². The zero-order valence-corrected chi connectivity index (χ0v) is 10.3. The molecule has 1 aliphatic heterocycles. The topological polar surface area (TPSA) is 60.2 Å². The van der Waals surface area contributed by atoms with Gasteiger partial charge in [-0.25, -0.2) is 8.42 Å².